The molecule has 6 heteroatoms. The molecule has 0 radical (unpaired) electrons. The van der Waals surface area contributed by atoms with Gasteiger partial charge < -0.3 is 5.73 Å². The summed E-state index contributed by atoms with van der Waals surface area (Å²) < 4.78 is 27.1. The maximum atomic E-state index is 13.6. The largest absolute Gasteiger partial charge is 0.330 e. The van der Waals surface area contributed by atoms with Gasteiger partial charge in [-0.3, -0.25) is 10.1 Å². The van der Waals surface area contributed by atoms with Gasteiger partial charge in [0.2, 0.25) is 0 Å². The third kappa shape index (κ3) is 2.52. The number of rotatable bonds is 4. The molecule has 0 saturated carbocycles. The van der Waals surface area contributed by atoms with Crippen LogP contribution in [0.25, 0.3) is 0 Å². The minimum absolute atomic E-state index is 0.171. The van der Waals surface area contributed by atoms with Crippen LogP contribution in [0.1, 0.15) is 17.5 Å². The fourth-order valence-corrected chi connectivity index (χ4v) is 1.43. The van der Waals surface area contributed by atoms with Gasteiger partial charge in [-0.2, -0.15) is 0 Å². The van der Waals surface area contributed by atoms with Gasteiger partial charge >= 0.3 is 0 Å². The molecule has 1 aromatic carbocycles. The Morgan fingerprint density at radius 2 is 2.12 bits per heavy atom. The first-order chi connectivity index (χ1) is 7.38. The van der Waals surface area contributed by atoms with Gasteiger partial charge in [-0.25, -0.2) is 8.78 Å². The van der Waals surface area contributed by atoms with Crippen molar-refractivity contribution in [3.63, 3.8) is 0 Å². The molecule has 0 fully saturated rings. The Labute approximate surface area is 91.2 Å². The van der Waals surface area contributed by atoms with E-state index >= 15 is 0 Å². The van der Waals surface area contributed by atoms with Crippen LogP contribution >= 0.6 is 0 Å². The molecule has 4 nitrogen and oxygen atoms in total. The highest BCUT2D eigenvalue weighted by Crippen LogP contribution is 2.35. The third-order valence-electron chi connectivity index (χ3n) is 2.28. The van der Waals surface area contributed by atoms with Crippen molar-refractivity contribution in [3.05, 3.63) is 39.4 Å². The quantitative estimate of drug-likeness (QED) is 0.637. The standard InChI is InChI=1S/C10H12F2N2O2/c1-7-2-3-8(14(15)16)6-9(7)10(11,12)4-5-13/h2-3,6H,4-5,13H2,1H3. The second-order valence-electron chi connectivity index (χ2n) is 3.50. The monoisotopic (exact) mass is 230 g/mol. The highest BCUT2D eigenvalue weighted by atomic mass is 19.3. The zero-order chi connectivity index (χ0) is 12.3. The van der Waals surface area contributed by atoms with Crippen molar-refractivity contribution in [2.45, 2.75) is 19.3 Å². The van der Waals surface area contributed by atoms with E-state index in [-0.39, 0.29) is 17.8 Å². The van der Waals surface area contributed by atoms with E-state index in [0.717, 1.165) is 6.07 Å². The molecule has 0 atom stereocenters. The van der Waals surface area contributed by atoms with Crippen LogP contribution in [0.4, 0.5) is 14.5 Å². The Morgan fingerprint density at radius 3 is 2.62 bits per heavy atom. The number of nitro groups is 1. The third-order valence-corrected chi connectivity index (χ3v) is 2.28. The fraction of sp³-hybridized carbons (Fsp3) is 0.400. The Kier molecular flexibility index (Phi) is 3.54. The fourth-order valence-electron chi connectivity index (χ4n) is 1.43. The van der Waals surface area contributed by atoms with Crippen LogP contribution in [0.2, 0.25) is 0 Å². The first-order valence-electron chi connectivity index (χ1n) is 4.72. The maximum Gasteiger partial charge on any atom is 0.274 e. The van der Waals surface area contributed by atoms with Crippen molar-refractivity contribution in [1.29, 1.82) is 0 Å². The van der Waals surface area contributed by atoms with E-state index in [0.29, 0.717) is 5.56 Å². The summed E-state index contributed by atoms with van der Waals surface area (Å²) in [5.74, 6) is -3.12. The second kappa shape index (κ2) is 4.52. The molecule has 0 heterocycles. The maximum absolute atomic E-state index is 13.6. The smallest absolute Gasteiger partial charge is 0.274 e. The molecule has 0 saturated heterocycles. The summed E-state index contributed by atoms with van der Waals surface area (Å²) in [5, 5.41) is 10.5. The molecule has 88 valence electrons. The van der Waals surface area contributed by atoms with Crippen LogP contribution in [0, 0.1) is 17.0 Å². The summed E-state index contributed by atoms with van der Waals surface area (Å²) in [6.45, 7) is 1.32. The Bertz CT molecular complexity index is 408. The van der Waals surface area contributed by atoms with Crippen LogP contribution in [0.3, 0.4) is 0 Å². The van der Waals surface area contributed by atoms with E-state index in [2.05, 4.69) is 0 Å². The molecule has 16 heavy (non-hydrogen) atoms. The number of aryl methyl sites for hydroxylation is 1. The molecule has 0 amide bonds. The summed E-state index contributed by atoms with van der Waals surface area (Å²) in [6, 6.07) is 3.43. The lowest BCUT2D eigenvalue weighted by molar-refractivity contribution is -0.385. The molecule has 0 spiro atoms. The van der Waals surface area contributed by atoms with Gasteiger partial charge in [0.05, 0.1) is 4.92 Å². The van der Waals surface area contributed by atoms with Crippen LogP contribution in [0.5, 0.6) is 0 Å². The summed E-state index contributed by atoms with van der Waals surface area (Å²) in [6.07, 6.45) is -0.519. The van der Waals surface area contributed by atoms with Crippen LogP contribution in [-0.2, 0) is 5.92 Å². The van der Waals surface area contributed by atoms with Gasteiger partial charge in [-0.05, 0) is 19.0 Å². The Hall–Kier alpha value is -1.56. The summed E-state index contributed by atoms with van der Waals surface area (Å²) in [4.78, 5) is 9.79. The highest BCUT2D eigenvalue weighted by molar-refractivity contribution is 5.41. The summed E-state index contributed by atoms with van der Waals surface area (Å²) in [5.41, 5.74) is 4.75. The molecule has 0 unspecified atom stereocenters. The average Bonchev–Trinajstić information content (AvgIpc) is 2.17. The number of nitro benzene ring substituents is 1. The van der Waals surface area contributed by atoms with Crippen molar-refractivity contribution in [3.8, 4) is 0 Å². The lowest BCUT2D eigenvalue weighted by Gasteiger charge is -2.17. The predicted octanol–water partition coefficient (Wildman–Crippen LogP) is 2.34. The molecule has 2 N–H and O–H groups in total. The molecule has 0 aliphatic rings. The van der Waals surface area contributed by atoms with Crippen molar-refractivity contribution in [2.75, 3.05) is 6.54 Å². The molecule has 0 aliphatic heterocycles. The predicted molar refractivity (Wildman–Crippen MR) is 55.4 cm³/mol. The number of hydrogen-bond donors (Lipinski definition) is 1. The van der Waals surface area contributed by atoms with Gasteiger partial charge in [0.1, 0.15) is 0 Å². The zero-order valence-electron chi connectivity index (χ0n) is 8.74. The number of nitrogens with zero attached hydrogens (tertiary/aromatic N) is 1. The first kappa shape index (κ1) is 12.5. The van der Waals surface area contributed by atoms with Crippen molar-refractivity contribution in [1.82, 2.24) is 0 Å². The molecule has 0 aromatic heterocycles. The van der Waals surface area contributed by atoms with Crippen molar-refractivity contribution in [2.24, 2.45) is 5.73 Å². The van der Waals surface area contributed by atoms with Crippen molar-refractivity contribution >= 4 is 5.69 Å². The van der Waals surface area contributed by atoms with Crippen LogP contribution in [-0.4, -0.2) is 11.5 Å². The van der Waals surface area contributed by atoms with Gasteiger partial charge in [0.25, 0.3) is 11.6 Å². The minimum Gasteiger partial charge on any atom is -0.330 e. The topological polar surface area (TPSA) is 69.2 Å². The van der Waals surface area contributed by atoms with Crippen LogP contribution in [0.15, 0.2) is 18.2 Å². The van der Waals surface area contributed by atoms with Gasteiger partial charge in [-0.1, -0.05) is 6.07 Å². The number of halogens is 2. The summed E-state index contributed by atoms with van der Waals surface area (Å²) >= 11 is 0. The van der Waals surface area contributed by atoms with E-state index in [1.807, 2.05) is 0 Å². The van der Waals surface area contributed by atoms with Gasteiger partial charge in [0.15, 0.2) is 0 Å². The number of hydrogen-bond acceptors (Lipinski definition) is 3. The molecule has 1 aromatic rings. The van der Waals surface area contributed by atoms with E-state index in [1.165, 1.54) is 19.1 Å². The average molecular weight is 230 g/mol. The highest BCUT2D eigenvalue weighted by Gasteiger charge is 2.33. The molecule has 0 aliphatic carbocycles. The van der Waals surface area contributed by atoms with Crippen molar-refractivity contribution < 1.29 is 13.7 Å². The molecular formula is C10H12F2N2O2. The van der Waals surface area contributed by atoms with Gasteiger partial charge in [-0.15, -0.1) is 0 Å². The van der Waals surface area contributed by atoms with E-state index in [1.54, 1.807) is 0 Å². The minimum atomic E-state index is -3.12. The first-order valence-corrected chi connectivity index (χ1v) is 4.72. The lowest BCUT2D eigenvalue weighted by Crippen LogP contribution is -2.20. The zero-order valence-corrected chi connectivity index (χ0v) is 8.74. The SMILES string of the molecule is Cc1ccc([N+](=O)[O-])cc1C(F)(F)CCN. The molecule has 0 bridgehead atoms. The molecular weight excluding hydrogens is 218 g/mol. The lowest BCUT2D eigenvalue weighted by atomic mass is 9.99. The number of nitrogens with two attached hydrogens (primary N) is 1. The second-order valence-corrected chi connectivity index (χ2v) is 3.50. The number of benzene rings is 1. The van der Waals surface area contributed by atoms with Crippen LogP contribution < -0.4 is 5.73 Å². The number of non-ortho nitro benzene ring substituents is 1. The Morgan fingerprint density at radius 1 is 1.50 bits per heavy atom. The van der Waals surface area contributed by atoms with E-state index < -0.39 is 17.3 Å². The van der Waals surface area contributed by atoms with Gasteiger partial charge in [0, 0.05) is 24.1 Å². The summed E-state index contributed by atoms with van der Waals surface area (Å²) in [7, 11) is 0. The molecule has 1 rings (SSSR count). The van der Waals surface area contributed by atoms with E-state index in [9.17, 15) is 18.9 Å². The number of alkyl halides is 2. The van der Waals surface area contributed by atoms with E-state index in [4.69, 9.17) is 5.73 Å². The normalized spacial score (nSPS) is 11.5. The Balaban J connectivity index is 3.21.